The van der Waals surface area contributed by atoms with Gasteiger partial charge in [-0.2, -0.15) is 5.26 Å². The molecule has 0 amide bonds. The molecule has 1 saturated carbocycles. The number of rotatable bonds is 4. The second-order valence-electron chi connectivity index (χ2n) is 4.76. The maximum Gasteiger partial charge on any atom is 0.0991 e. The third kappa shape index (κ3) is 2.85. The average molecular weight is 230 g/mol. The molecule has 1 aromatic rings. The highest BCUT2D eigenvalue weighted by Gasteiger charge is 2.28. The van der Waals surface area contributed by atoms with E-state index >= 15 is 0 Å². The highest BCUT2D eigenvalue weighted by molar-refractivity contribution is 5.37. The summed E-state index contributed by atoms with van der Waals surface area (Å²) in [6.45, 7) is 3.43. The van der Waals surface area contributed by atoms with Gasteiger partial charge in [0.05, 0.1) is 24.3 Å². The number of hydrogen-bond acceptors (Lipinski definition) is 3. The number of aryl methyl sites for hydroxylation is 1. The maximum atomic E-state index is 8.78. The molecule has 90 valence electrons. The van der Waals surface area contributed by atoms with Gasteiger partial charge in [0.25, 0.3) is 0 Å². The van der Waals surface area contributed by atoms with Gasteiger partial charge in [0.15, 0.2) is 0 Å². The number of nitriles is 1. The van der Waals surface area contributed by atoms with Gasteiger partial charge in [0, 0.05) is 0 Å². The van der Waals surface area contributed by atoms with Crippen LogP contribution in [0.5, 0.6) is 0 Å². The maximum absolute atomic E-state index is 8.78. The van der Waals surface area contributed by atoms with Crippen molar-refractivity contribution in [1.82, 2.24) is 0 Å². The summed E-state index contributed by atoms with van der Waals surface area (Å²) in [5.74, 6) is 0.655. The topological polar surface area (TPSA) is 59.0 Å². The fraction of sp³-hybridized carbons (Fsp3) is 0.500. The third-order valence-corrected chi connectivity index (χ3v) is 3.47. The van der Waals surface area contributed by atoms with Crippen LogP contribution in [0.1, 0.15) is 29.5 Å². The van der Waals surface area contributed by atoms with E-state index in [9.17, 15) is 0 Å². The molecule has 0 unspecified atom stereocenters. The highest BCUT2D eigenvalue weighted by atomic mass is 16.5. The molecule has 1 aliphatic carbocycles. The van der Waals surface area contributed by atoms with Crippen molar-refractivity contribution in [2.24, 2.45) is 11.7 Å². The molecule has 0 aliphatic heterocycles. The van der Waals surface area contributed by atoms with E-state index in [2.05, 4.69) is 6.07 Å². The zero-order valence-corrected chi connectivity index (χ0v) is 10.1. The van der Waals surface area contributed by atoms with E-state index in [4.69, 9.17) is 15.7 Å². The van der Waals surface area contributed by atoms with Gasteiger partial charge in [-0.1, -0.05) is 6.07 Å². The summed E-state index contributed by atoms with van der Waals surface area (Å²) < 4.78 is 5.81. The molecule has 0 radical (unpaired) electrons. The fourth-order valence-corrected chi connectivity index (χ4v) is 2.14. The van der Waals surface area contributed by atoms with Gasteiger partial charge < -0.3 is 10.5 Å². The van der Waals surface area contributed by atoms with Crippen LogP contribution in [0.25, 0.3) is 0 Å². The summed E-state index contributed by atoms with van der Waals surface area (Å²) in [7, 11) is 0. The first kappa shape index (κ1) is 12.1. The first-order valence-electron chi connectivity index (χ1n) is 6.04. The van der Waals surface area contributed by atoms with E-state index in [0.29, 0.717) is 24.2 Å². The Morgan fingerprint density at radius 1 is 1.47 bits per heavy atom. The van der Waals surface area contributed by atoms with Crippen molar-refractivity contribution in [3.63, 3.8) is 0 Å². The van der Waals surface area contributed by atoms with Crippen molar-refractivity contribution in [1.29, 1.82) is 5.26 Å². The molecular weight excluding hydrogens is 212 g/mol. The highest BCUT2D eigenvalue weighted by Crippen LogP contribution is 2.29. The standard InChI is InChI=1S/C14H18N2O/c1-10-4-11(7-15)2-3-13(10)9-17-14-5-12(6-14)8-16/h2-4,12,14H,5-6,8-9,16H2,1H3. The van der Waals surface area contributed by atoms with Crippen LogP contribution in [0.15, 0.2) is 18.2 Å². The third-order valence-electron chi connectivity index (χ3n) is 3.47. The number of hydrogen-bond donors (Lipinski definition) is 1. The molecule has 1 aliphatic rings. The van der Waals surface area contributed by atoms with Crippen molar-refractivity contribution in [2.75, 3.05) is 6.54 Å². The van der Waals surface area contributed by atoms with Gasteiger partial charge in [0.2, 0.25) is 0 Å². The SMILES string of the molecule is Cc1cc(C#N)ccc1COC1CC(CN)C1. The van der Waals surface area contributed by atoms with Crippen molar-refractivity contribution >= 4 is 0 Å². The van der Waals surface area contributed by atoms with Crippen LogP contribution in [-0.4, -0.2) is 12.6 Å². The predicted octanol–water partition coefficient (Wildman–Crippen LogP) is 2.12. The molecule has 3 heteroatoms. The van der Waals surface area contributed by atoms with Crippen molar-refractivity contribution < 1.29 is 4.74 Å². The van der Waals surface area contributed by atoms with Crippen molar-refractivity contribution in [3.8, 4) is 6.07 Å². The molecule has 0 heterocycles. The molecule has 0 bridgehead atoms. The van der Waals surface area contributed by atoms with Crippen molar-refractivity contribution in [3.05, 3.63) is 34.9 Å². The first-order valence-corrected chi connectivity index (χ1v) is 6.04. The van der Waals surface area contributed by atoms with Gasteiger partial charge in [-0.3, -0.25) is 0 Å². The van der Waals surface area contributed by atoms with Gasteiger partial charge in [0.1, 0.15) is 0 Å². The lowest BCUT2D eigenvalue weighted by Crippen LogP contribution is -2.35. The molecule has 0 aromatic heterocycles. The van der Waals surface area contributed by atoms with E-state index in [1.54, 1.807) is 0 Å². The minimum Gasteiger partial charge on any atom is -0.374 e. The number of ether oxygens (including phenoxy) is 1. The van der Waals surface area contributed by atoms with Crippen LogP contribution in [-0.2, 0) is 11.3 Å². The second kappa shape index (κ2) is 5.31. The molecule has 17 heavy (non-hydrogen) atoms. The molecule has 1 fully saturated rings. The quantitative estimate of drug-likeness (QED) is 0.862. The lowest BCUT2D eigenvalue weighted by atomic mass is 9.82. The zero-order valence-electron chi connectivity index (χ0n) is 10.1. The normalized spacial score (nSPS) is 22.9. The summed E-state index contributed by atoms with van der Waals surface area (Å²) in [5.41, 5.74) is 8.57. The zero-order chi connectivity index (χ0) is 12.3. The van der Waals surface area contributed by atoms with Crippen LogP contribution in [0.4, 0.5) is 0 Å². The fourth-order valence-electron chi connectivity index (χ4n) is 2.14. The first-order chi connectivity index (χ1) is 8.22. The number of nitrogens with two attached hydrogens (primary N) is 1. The summed E-state index contributed by atoms with van der Waals surface area (Å²) in [6, 6.07) is 7.87. The summed E-state index contributed by atoms with van der Waals surface area (Å²) in [5, 5.41) is 8.78. The van der Waals surface area contributed by atoms with E-state index in [1.807, 2.05) is 25.1 Å². The summed E-state index contributed by atoms with van der Waals surface area (Å²) >= 11 is 0. The van der Waals surface area contributed by atoms with E-state index in [1.165, 1.54) is 5.56 Å². The number of nitrogens with zero attached hydrogens (tertiary/aromatic N) is 1. The minimum atomic E-state index is 0.374. The molecule has 2 rings (SSSR count). The van der Waals surface area contributed by atoms with Crippen LogP contribution >= 0.6 is 0 Å². The Hall–Kier alpha value is -1.37. The van der Waals surface area contributed by atoms with Gasteiger partial charge >= 0.3 is 0 Å². The molecule has 0 spiro atoms. The molecular formula is C14H18N2O. The average Bonchev–Trinajstić information content (AvgIpc) is 2.29. The Labute approximate surface area is 102 Å². The molecule has 2 N–H and O–H groups in total. The predicted molar refractivity (Wildman–Crippen MR) is 66.2 cm³/mol. The smallest absolute Gasteiger partial charge is 0.0991 e. The van der Waals surface area contributed by atoms with Crippen LogP contribution < -0.4 is 5.73 Å². The van der Waals surface area contributed by atoms with Crippen LogP contribution in [0, 0.1) is 24.2 Å². The largest absolute Gasteiger partial charge is 0.374 e. The van der Waals surface area contributed by atoms with Crippen molar-refractivity contribution in [2.45, 2.75) is 32.5 Å². The van der Waals surface area contributed by atoms with Gasteiger partial charge in [-0.15, -0.1) is 0 Å². The summed E-state index contributed by atoms with van der Waals surface area (Å²) in [4.78, 5) is 0. The molecule has 1 aromatic carbocycles. The molecule has 3 nitrogen and oxygen atoms in total. The Bertz CT molecular complexity index is 430. The van der Waals surface area contributed by atoms with Crippen LogP contribution in [0.2, 0.25) is 0 Å². The van der Waals surface area contributed by atoms with Gasteiger partial charge in [-0.05, 0) is 55.5 Å². The summed E-state index contributed by atoms with van der Waals surface area (Å²) in [6.07, 6.45) is 2.55. The van der Waals surface area contributed by atoms with Crippen LogP contribution in [0.3, 0.4) is 0 Å². The Morgan fingerprint density at radius 2 is 2.24 bits per heavy atom. The molecule has 0 atom stereocenters. The Balaban J connectivity index is 1.86. The Morgan fingerprint density at radius 3 is 2.82 bits per heavy atom. The lowest BCUT2D eigenvalue weighted by Gasteiger charge is -2.34. The Kier molecular flexibility index (Phi) is 3.78. The van der Waals surface area contributed by atoms with E-state index in [0.717, 1.165) is 24.9 Å². The monoisotopic (exact) mass is 230 g/mol. The van der Waals surface area contributed by atoms with Gasteiger partial charge in [-0.25, -0.2) is 0 Å². The lowest BCUT2D eigenvalue weighted by molar-refractivity contribution is -0.0377. The van der Waals surface area contributed by atoms with E-state index in [-0.39, 0.29) is 0 Å². The second-order valence-corrected chi connectivity index (χ2v) is 4.76. The minimum absolute atomic E-state index is 0.374. The molecule has 0 saturated heterocycles. The van der Waals surface area contributed by atoms with E-state index < -0.39 is 0 Å². The number of benzene rings is 1.